The lowest BCUT2D eigenvalue weighted by Gasteiger charge is -2.20. The average Bonchev–Trinajstić information content (AvgIpc) is 3.18. The standard InChI is InChI=1S/C24H24N2O/c1-24(2,3)21-13-9-20(10-14-21)23-25-17-26(27-23)22-15-11-19(12-16-22)18-7-5-4-6-8-18/h4-17,23H,1-3H3. The Balaban J connectivity index is 1.46. The lowest BCUT2D eigenvalue weighted by atomic mass is 9.86. The molecule has 0 saturated heterocycles. The van der Waals surface area contributed by atoms with Crippen molar-refractivity contribution in [2.75, 3.05) is 5.06 Å². The molecule has 0 saturated carbocycles. The van der Waals surface area contributed by atoms with Crippen molar-refractivity contribution in [3.05, 3.63) is 90.0 Å². The van der Waals surface area contributed by atoms with Crippen LogP contribution in [0.1, 0.15) is 38.1 Å². The second kappa shape index (κ2) is 7.01. The molecule has 0 spiro atoms. The second-order valence-corrected chi connectivity index (χ2v) is 7.83. The third kappa shape index (κ3) is 3.79. The minimum Gasteiger partial charge on any atom is -0.236 e. The topological polar surface area (TPSA) is 24.8 Å². The van der Waals surface area contributed by atoms with Gasteiger partial charge >= 0.3 is 0 Å². The zero-order valence-electron chi connectivity index (χ0n) is 16.0. The highest BCUT2D eigenvalue weighted by Gasteiger charge is 2.22. The fraction of sp³-hybridized carbons (Fsp3) is 0.208. The Morgan fingerprint density at radius 1 is 0.778 bits per heavy atom. The normalized spacial score (nSPS) is 16.7. The Labute approximate surface area is 160 Å². The zero-order chi connectivity index (χ0) is 18.9. The van der Waals surface area contributed by atoms with E-state index in [1.54, 1.807) is 11.4 Å². The maximum absolute atomic E-state index is 6.02. The fourth-order valence-electron chi connectivity index (χ4n) is 3.14. The van der Waals surface area contributed by atoms with Crippen LogP contribution >= 0.6 is 0 Å². The molecule has 0 amide bonds. The molecular weight excluding hydrogens is 332 g/mol. The van der Waals surface area contributed by atoms with Gasteiger partial charge in [0.15, 0.2) is 0 Å². The van der Waals surface area contributed by atoms with Crippen molar-refractivity contribution in [3.8, 4) is 11.1 Å². The number of hydroxylamine groups is 1. The van der Waals surface area contributed by atoms with Crippen molar-refractivity contribution in [2.24, 2.45) is 4.99 Å². The van der Waals surface area contributed by atoms with Crippen LogP contribution in [0.5, 0.6) is 0 Å². The predicted octanol–water partition coefficient (Wildman–Crippen LogP) is 6.13. The number of benzene rings is 3. The van der Waals surface area contributed by atoms with E-state index in [0.29, 0.717) is 0 Å². The van der Waals surface area contributed by atoms with Crippen molar-refractivity contribution in [2.45, 2.75) is 32.4 Å². The maximum atomic E-state index is 6.02. The molecule has 136 valence electrons. The number of aliphatic imine (C=N–C) groups is 1. The van der Waals surface area contributed by atoms with Crippen LogP contribution in [-0.2, 0) is 10.3 Å². The molecule has 4 rings (SSSR count). The van der Waals surface area contributed by atoms with E-state index in [0.717, 1.165) is 11.3 Å². The monoisotopic (exact) mass is 356 g/mol. The molecule has 0 radical (unpaired) electrons. The van der Waals surface area contributed by atoms with Gasteiger partial charge in [-0.2, -0.15) is 0 Å². The molecule has 0 N–H and O–H groups in total. The molecule has 1 atom stereocenters. The van der Waals surface area contributed by atoms with Crippen LogP contribution < -0.4 is 5.06 Å². The quantitative estimate of drug-likeness (QED) is 0.564. The Morgan fingerprint density at radius 2 is 1.41 bits per heavy atom. The molecule has 27 heavy (non-hydrogen) atoms. The molecule has 3 aromatic rings. The van der Waals surface area contributed by atoms with Gasteiger partial charge in [0.05, 0.1) is 5.69 Å². The van der Waals surface area contributed by atoms with E-state index in [-0.39, 0.29) is 11.6 Å². The summed E-state index contributed by atoms with van der Waals surface area (Å²) in [5.41, 5.74) is 5.86. The Hall–Kier alpha value is -2.91. The number of hydrogen-bond donors (Lipinski definition) is 0. The van der Waals surface area contributed by atoms with E-state index in [1.165, 1.54) is 16.7 Å². The van der Waals surface area contributed by atoms with E-state index >= 15 is 0 Å². The van der Waals surface area contributed by atoms with E-state index in [2.05, 4.69) is 98.6 Å². The van der Waals surface area contributed by atoms with Crippen LogP contribution in [0.2, 0.25) is 0 Å². The third-order valence-corrected chi connectivity index (χ3v) is 4.81. The van der Waals surface area contributed by atoms with Gasteiger partial charge in [-0.3, -0.25) is 0 Å². The lowest BCUT2D eigenvalue weighted by molar-refractivity contribution is 0.0875. The van der Waals surface area contributed by atoms with Gasteiger partial charge in [-0.1, -0.05) is 87.5 Å². The summed E-state index contributed by atoms with van der Waals surface area (Å²) in [6, 6.07) is 27.2. The molecule has 1 unspecified atom stereocenters. The van der Waals surface area contributed by atoms with E-state index in [9.17, 15) is 0 Å². The highest BCUT2D eigenvalue weighted by atomic mass is 16.7. The number of hydrogen-bond acceptors (Lipinski definition) is 3. The number of rotatable bonds is 3. The SMILES string of the molecule is CC(C)(C)c1ccc(C2N=CN(c3ccc(-c4ccccc4)cc3)O2)cc1. The summed E-state index contributed by atoms with van der Waals surface area (Å²) in [5, 5.41) is 1.73. The van der Waals surface area contributed by atoms with Crippen LogP contribution in [-0.4, -0.2) is 6.34 Å². The third-order valence-electron chi connectivity index (χ3n) is 4.81. The summed E-state index contributed by atoms with van der Waals surface area (Å²) in [5.74, 6) is 0. The van der Waals surface area contributed by atoms with Crippen LogP contribution in [0, 0.1) is 0 Å². The van der Waals surface area contributed by atoms with E-state index in [4.69, 9.17) is 4.84 Å². The smallest absolute Gasteiger partial charge is 0.202 e. The van der Waals surface area contributed by atoms with Gasteiger partial charge in [0.2, 0.25) is 6.23 Å². The van der Waals surface area contributed by atoms with E-state index in [1.807, 2.05) is 6.07 Å². The minimum atomic E-state index is -0.298. The number of anilines is 1. The first-order valence-corrected chi connectivity index (χ1v) is 9.26. The second-order valence-electron chi connectivity index (χ2n) is 7.83. The lowest BCUT2D eigenvalue weighted by Crippen LogP contribution is -2.17. The average molecular weight is 356 g/mol. The highest BCUT2D eigenvalue weighted by Crippen LogP contribution is 2.31. The molecule has 1 heterocycles. The fourth-order valence-corrected chi connectivity index (χ4v) is 3.14. The predicted molar refractivity (Wildman–Crippen MR) is 112 cm³/mol. The molecule has 1 aliphatic heterocycles. The molecule has 0 fully saturated rings. The van der Waals surface area contributed by atoms with Gasteiger partial charge in [0, 0.05) is 5.56 Å². The van der Waals surface area contributed by atoms with Gasteiger partial charge in [-0.15, -0.1) is 0 Å². The molecule has 3 heteroatoms. The van der Waals surface area contributed by atoms with Gasteiger partial charge < -0.3 is 0 Å². The van der Waals surface area contributed by atoms with E-state index < -0.39 is 0 Å². The van der Waals surface area contributed by atoms with Crippen molar-refractivity contribution in [1.29, 1.82) is 0 Å². The summed E-state index contributed by atoms with van der Waals surface area (Å²) in [6.45, 7) is 6.65. The van der Waals surface area contributed by atoms with Crippen LogP contribution in [0.4, 0.5) is 5.69 Å². The van der Waals surface area contributed by atoms with Crippen molar-refractivity contribution in [1.82, 2.24) is 0 Å². The summed E-state index contributed by atoms with van der Waals surface area (Å²) in [7, 11) is 0. The molecule has 0 bridgehead atoms. The van der Waals surface area contributed by atoms with Crippen LogP contribution in [0.25, 0.3) is 11.1 Å². The molecule has 3 aromatic carbocycles. The first-order chi connectivity index (χ1) is 13.0. The van der Waals surface area contributed by atoms with Gasteiger partial charge in [-0.05, 0) is 34.2 Å². The maximum Gasteiger partial charge on any atom is 0.202 e. The summed E-state index contributed by atoms with van der Waals surface area (Å²) in [6.07, 6.45) is 1.45. The first kappa shape index (κ1) is 17.5. The summed E-state index contributed by atoms with van der Waals surface area (Å²) < 4.78 is 0. The molecule has 0 aromatic heterocycles. The van der Waals surface area contributed by atoms with Crippen molar-refractivity contribution >= 4 is 12.0 Å². The Morgan fingerprint density at radius 3 is 2.04 bits per heavy atom. The molecule has 0 aliphatic carbocycles. The summed E-state index contributed by atoms with van der Waals surface area (Å²) >= 11 is 0. The van der Waals surface area contributed by atoms with Crippen LogP contribution in [0.15, 0.2) is 83.9 Å². The largest absolute Gasteiger partial charge is 0.236 e. The molecular formula is C24H24N2O. The number of nitrogens with zero attached hydrogens (tertiary/aromatic N) is 2. The molecule has 1 aliphatic rings. The van der Waals surface area contributed by atoms with Crippen LogP contribution in [0.3, 0.4) is 0 Å². The highest BCUT2D eigenvalue weighted by molar-refractivity contribution is 5.79. The molecule has 3 nitrogen and oxygen atoms in total. The Kier molecular flexibility index (Phi) is 4.54. The summed E-state index contributed by atoms with van der Waals surface area (Å²) in [4.78, 5) is 10.5. The zero-order valence-corrected chi connectivity index (χ0v) is 16.0. The van der Waals surface area contributed by atoms with Crippen molar-refractivity contribution in [3.63, 3.8) is 0 Å². The first-order valence-electron chi connectivity index (χ1n) is 9.26. The van der Waals surface area contributed by atoms with Crippen molar-refractivity contribution < 1.29 is 4.84 Å². The van der Waals surface area contributed by atoms with Gasteiger partial charge in [0.1, 0.15) is 6.34 Å². The van der Waals surface area contributed by atoms with Gasteiger partial charge in [-0.25, -0.2) is 14.9 Å². The Bertz CT molecular complexity index is 923. The van der Waals surface area contributed by atoms with Gasteiger partial charge in [0.25, 0.3) is 0 Å². The minimum absolute atomic E-state index is 0.144.